The van der Waals surface area contributed by atoms with E-state index in [0.29, 0.717) is 28.5 Å². The van der Waals surface area contributed by atoms with E-state index < -0.39 is 6.10 Å². The third kappa shape index (κ3) is 3.40. The highest BCUT2D eigenvalue weighted by molar-refractivity contribution is 7.71. The minimum atomic E-state index is -0.754. The van der Waals surface area contributed by atoms with Crippen molar-refractivity contribution in [2.75, 3.05) is 13.7 Å². The van der Waals surface area contributed by atoms with Crippen molar-refractivity contribution in [1.29, 1.82) is 0 Å². The summed E-state index contributed by atoms with van der Waals surface area (Å²) in [4.78, 5) is 7.46. The van der Waals surface area contributed by atoms with Gasteiger partial charge in [-0.2, -0.15) is 0 Å². The van der Waals surface area contributed by atoms with Crippen LogP contribution >= 0.6 is 12.2 Å². The molecule has 1 aromatic heterocycles. The largest absolute Gasteiger partial charge is 0.497 e. The van der Waals surface area contributed by atoms with Crippen molar-refractivity contribution in [3.05, 3.63) is 34.6 Å². The monoisotopic (exact) mass is 306 g/mol. The van der Waals surface area contributed by atoms with Crippen LogP contribution in [0.25, 0.3) is 11.3 Å². The molecular weight excluding hydrogens is 288 g/mol. The lowest BCUT2D eigenvalue weighted by Crippen LogP contribution is -2.06. The van der Waals surface area contributed by atoms with Gasteiger partial charge in [0.2, 0.25) is 5.88 Å². The molecule has 0 aliphatic heterocycles. The van der Waals surface area contributed by atoms with Gasteiger partial charge in [0, 0.05) is 5.56 Å². The zero-order valence-corrected chi connectivity index (χ0v) is 13.0. The Morgan fingerprint density at radius 3 is 2.52 bits per heavy atom. The maximum atomic E-state index is 9.86. The first-order valence-corrected chi connectivity index (χ1v) is 7.07. The van der Waals surface area contributed by atoms with Gasteiger partial charge in [-0.15, -0.1) is 0 Å². The molecule has 0 bridgehead atoms. The average Bonchev–Trinajstić information content (AvgIpc) is 2.47. The van der Waals surface area contributed by atoms with Gasteiger partial charge in [-0.3, -0.25) is 0 Å². The number of rotatable bonds is 5. The summed E-state index contributed by atoms with van der Waals surface area (Å²) in [5, 5.41) is 9.86. The van der Waals surface area contributed by atoms with Gasteiger partial charge in [0.25, 0.3) is 0 Å². The van der Waals surface area contributed by atoms with Gasteiger partial charge in [0.1, 0.15) is 21.8 Å². The fourth-order valence-corrected chi connectivity index (χ4v) is 2.19. The molecule has 1 aromatic carbocycles. The molecular formula is C15H18N2O3S. The zero-order valence-electron chi connectivity index (χ0n) is 12.2. The minimum Gasteiger partial charge on any atom is -0.497 e. The molecule has 5 nitrogen and oxygen atoms in total. The number of H-pyrrole nitrogens is 1. The standard InChI is InChI=1S/C15H18N2O3S/c1-4-20-14-12(9(2)18)16-13(15(21)17-14)10-5-7-11(19-3)8-6-10/h5-9,18H,4H2,1-3H3,(H,17,21). The van der Waals surface area contributed by atoms with E-state index in [1.54, 1.807) is 14.0 Å². The van der Waals surface area contributed by atoms with Crippen molar-refractivity contribution in [1.82, 2.24) is 9.97 Å². The summed E-state index contributed by atoms with van der Waals surface area (Å²) < 4.78 is 11.0. The first kappa shape index (κ1) is 15.5. The Bertz CT molecular complexity index is 666. The molecule has 0 spiro atoms. The van der Waals surface area contributed by atoms with E-state index >= 15 is 0 Å². The molecule has 1 unspecified atom stereocenters. The molecule has 1 heterocycles. The summed E-state index contributed by atoms with van der Waals surface area (Å²) in [7, 11) is 1.61. The number of nitrogens with zero attached hydrogens (tertiary/aromatic N) is 1. The maximum absolute atomic E-state index is 9.86. The topological polar surface area (TPSA) is 67.4 Å². The van der Waals surface area contributed by atoms with Crippen molar-refractivity contribution >= 4 is 12.2 Å². The SMILES string of the molecule is CCOc1[nH]c(=S)c(-c2ccc(OC)cc2)nc1C(C)O. The molecule has 0 radical (unpaired) electrons. The third-order valence-electron chi connectivity index (χ3n) is 2.95. The van der Waals surface area contributed by atoms with E-state index in [0.717, 1.165) is 11.3 Å². The summed E-state index contributed by atoms with van der Waals surface area (Å²) >= 11 is 5.33. The Kier molecular flexibility index (Phi) is 4.93. The summed E-state index contributed by atoms with van der Waals surface area (Å²) in [5.74, 6) is 1.17. The number of nitrogens with one attached hydrogen (secondary N) is 1. The van der Waals surface area contributed by atoms with Crippen LogP contribution in [0.3, 0.4) is 0 Å². The van der Waals surface area contributed by atoms with Gasteiger partial charge < -0.3 is 19.6 Å². The molecule has 0 saturated heterocycles. The Morgan fingerprint density at radius 2 is 2.00 bits per heavy atom. The molecule has 2 N–H and O–H groups in total. The molecule has 112 valence electrons. The second kappa shape index (κ2) is 6.69. The molecule has 0 amide bonds. The minimum absolute atomic E-state index is 0.412. The van der Waals surface area contributed by atoms with E-state index in [1.165, 1.54) is 0 Å². The van der Waals surface area contributed by atoms with E-state index in [4.69, 9.17) is 21.7 Å². The van der Waals surface area contributed by atoms with Gasteiger partial charge in [0.05, 0.1) is 19.8 Å². The molecule has 2 aromatic rings. The van der Waals surface area contributed by atoms with E-state index in [-0.39, 0.29) is 0 Å². The van der Waals surface area contributed by atoms with Crippen LogP contribution in [-0.4, -0.2) is 28.8 Å². The summed E-state index contributed by atoms with van der Waals surface area (Å²) in [6.45, 7) is 3.97. The van der Waals surface area contributed by atoms with Gasteiger partial charge >= 0.3 is 0 Å². The summed E-state index contributed by atoms with van der Waals surface area (Å²) in [5.41, 5.74) is 1.89. The lowest BCUT2D eigenvalue weighted by atomic mass is 10.1. The van der Waals surface area contributed by atoms with E-state index in [2.05, 4.69) is 9.97 Å². The lowest BCUT2D eigenvalue weighted by molar-refractivity contribution is 0.185. The van der Waals surface area contributed by atoms with Crippen LogP contribution < -0.4 is 9.47 Å². The lowest BCUT2D eigenvalue weighted by Gasteiger charge is -2.13. The van der Waals surface area contributed by atoms with Crippen LogP contribution in [0, 0.1) is 4.64 Å². The molecule has 6 heteroatoms. The predicted molar refractivity (Wildman–Crippen MR) is 83.2 cm³/mol. The van der Waals surface area contributed by atoms with E-state index in [1.807, 2.05) is 31.2 Å². The Balaban J connectivity index is 2.52. The predicted octanol–water partition coefficient (Wildman–Crippen LogP) is 3.27. The molecule has 0 saturated carbocycles. The van der Waals surface area contributed by atoms with Crippen LogP contribution in [0.15, 0.2) is 24.3 Å². The summed E-state index contributed by atoms with van der Waals surface area (Å²) in [6, 6.07) is 7.42. The number of ether oxygens (including phenoxy) is 2. The van der Waals surface area contributed by atoms with E-state index in [9.17, 15) is 5.11 Å². The van der Waals surface area contributed by atoms with Crippen LogP contribution in [0.1, 0.15) is 25.6 Å². The van der Waals surface area contributed by atoms with Crippen LogP contribution in [0.5, 0.6) is 11.6 Å². The number of hydrogen-bond donors (Lipinski definition) is 2. The van der Waals surface area contributed by atoms with Gasteiger partial charge in [-0.25, -0.2) is 4.98 Å². The summed E-state index contributed by atoms with van der Waals surface area (Å²) in [6.07, 6.45) is -0.754. The first-order valence-electron chi connectivity index (χ1n) is 6.66. The number of hydrogen-bond acceptors (Lipinski definition) is 5. The first-order chi connectivity index (χ1) is 10.1. The van der Waals surface area contributed by atoms with Crippen molar-refractivity contribution in [3.63, 3.8) is 0 Å². The van der Waals surface area contributed by atoms with Crippen molar-refractivity contribution in [3.8, 4) is 22.9 Å². The fourth-order valence-electron chi connectivity index (χ4n) is 1.93. The van der Waals surface area contributed by atoms with Gasteiger partial charge in [-0.05, 0) is 38.1 Å². The van der Waals surface area contributed by atoms with Crippen molar-refractivity contribution < 1.29 is 14.6 Å². The normalized spacial score (nSPS) is 12.0. The van der Waals surface area contributed by atoms with Gasteiger partial charge in [0.15, 0.2) is 0 Å². The van der Waals surface area contributed by atoms with Crippen LogP contribution in [0.4, 0.5) is 0 Å². The molecule has 2 rings (SSSR count). The molecule has 0 aliphatic rings. The highest BCUT2D eigenvalue weighted by Gasteiger charge is 2.15. The highest BCUT2D eigenvalue weighted by atomic mass is 32.1. The van der Waals surface area contributed by atoms with Crippen molar-refractivity contribution in [2.45, 2.75) is 20.0 Å². The van der Waals surface area contributed by atoms with Crippen LogP contribution in [-0.2, 0) is 0 Å². The number of aliphatic hydroxyl groups is 1. The number of aromatic nitrogens is 2. The number of benzene rings is 1. The molecule has 21 heavy (non-hydrogen) atoms. The Hall–Kier alpha value is -1.92. The third-order valence-corrected chi connectivity index (χ3v) is 3.25. The Morgan fingerprint density at radius 1 is 1.33 bits per heavy atom. The second-order valence-electron chi connectivity index (χ2n) is 4.47. The van der Waals surface area contributed by atoms with Crippen LogP contribution in [0.2, 0.25) is 0 Å². The molecule has 0 aliphatic carbocycles. The Labute approximate surface area is 128 Å². The number of aliphatic hydroxyl groups excluding tert-OH is 1. The molecule has 1 atom stereocenters. The number of aromatic amines is 1. The average molecular weight is 306 g/mol. The quantitative estimate of drug-likeness (QED) is 0.830. The van der Waals surface area contributed by atoms with Gasteiger partial charge in [-0.1, -0.05) is 12.2 Å². The fraction of sp³-hybridized carbons (Fsp3) is 0.333. The zero-order chi connectivity index (χ0) is 15.4. The maximum Gasteiger partial charge on any atom is 0.216 e. The second-order valence-corrected chi connectivity index (χ2v) is 4.87. The molecule has 0 fully saturated rings. The van der Waals surface area contributed by atoms with Crippen molar-refractivity contribution in [2.24, 2.45) is 0 Å². The smallest absolute Gasteiger partial charge is 0.216 e. The highest BCUT2D eigenvalue weighted by Crippen LogP contribution is 2.27. The number of methoxy groups -OCH3 is 1.